The van der Waals surface area contributed by atoms with E-state index in [4.69, 9.17) is 6.57 Å². The van der Waals surface area contributed by atoms with Crippen molar-refractivity contribution in [3.8, 4) is 0 Å². The largest absolute Gasteiger partial charge is 0.309 e. The highest BCUT2D eigenvalue weighted by molar-refractivity contribution is 14.1. The molecule has 1 unspecified atom stereocenters. The third-order valence-corrected chi connectivity index (χ3v) is 2.20. The molecule has 2 heteroatoms. The van der Waals surface area contributed by atoms with Crippen LogP contribution in [0.15, 0.2) is 24.3 Å². The minimum atomic E-state index is -0.00952. The molecule has 0 heterocycles. The van der Waals surface area contributed by atoms with E-state index in [0.717, 1.165) is 5.56 Å². The first-order valence-electron chi connectivity index (χ1n) is 3.36. The van der Waals surface area contributed by atoms with Crippen molar-refractivity contribution in [3.63, 3.8) is 0 Å². The monoisotopic (exact) mass is 257 g/mol. The number of hydrogen-bond acceptors (Lipinski definition) is 0. The quantitative estimate of drug-likeness (QED) is 0.537. The molecule has 0 fully saturated rings. The van der Waals surface area contributed by atoms with Crippen molar-refractivity contribution in [2.24, 2.45) is 0 Å². The molecule has 1 rings (SSSR count). The van der Waals surface area contributed by atoms with E-state index in [9.17, 15) is 0 Å². The average molecular weight is 257 g/mol. The molecule has 0 amide bonds. The maximum Gasteiger partial charge on any atom is 0.246 e. The Labute approximate surface area is 80.4 Å². The molecule has 1 aromatic carbocycles. The second-order valence-electron chi connectivity index (χ2n) is 2.36. The van der Waals surface area contributed by atoms with Crippen molar-refractivity contribution < 1.29 is 0 Å². The van der Waals surface area contributed by atoms with Gasteiger partial charge in [-0.3, -0.25) is 0 Å². The van der Waals surface area contributed by atoms with E-state index in [2.05, 4.69) is 27.4 Å². The van der Waals surface area contributed by atoms with Crippen molar-refractivity contribution >= 4 is 22.6 Å². The van der Waals surface area contributed by atoms with Crippen molar-refractivity contribution in [3.05, 3.63) is 44.8 Å². The molecule has 11 heavy (non-hydrogen) atoms. The van der Waals surface area contributed by atoms with Gasteiger partial charge in [0.15, 0.2) is 0 Å². The normalized spacial score (nSPS) is 12.1. The standard InChI is InChI=1S/C9H8IN/c1-7(11-2)8-4-3-5-9(10)6-8/h3-7H,1H3. The van der Waals surface area contributed by atoms with Crippen LogP contribution in [-0.4, -0.2) is 0 Å². The van der Waals surface area contributed by atoms with E-state index < -0.39 is 0 Å². The molecular weight excluding hydrogens is 249 g/mol. The fourth-order valence-electron chi connectivity index (χ4n) is 0.841. The predicted octanol–water partition coefficient (Wildman–Crippen LogP) is 3.27. The molecular formula is C9H8IN. The van der Waals surface area contributed by atoms with E-state index in [0.29, 0.717) is 0 Å². The van der Waals surface area contributed by atoms with Gasteiger partial charge in [-0.05, 0) is 34.7 Å². The van der Waals surface area contributed by atoms with Gasteiger partial charge in [-0.25, -0.2) is 6.57 Å². The highest BCUT2D eigenvalue weighted by Gasteiger charge is 2.06. The second kappa shape index (κ2) is 3.72. The average Bonchev–Trinajstić information content (AvgIpc) is 2.03. The minimum absolute atomic E-state index is 0.00952. The van der Waals surface area contributed by atoms with Crippen LogP contribution in [0.5, 0.6) is 0 Å². The number of rotatable bonds is 1. The predicted molar refractivity (Wildman–Crippen MR) is 54.2 cm³/mol. The first kappa shape index (κ1) is 8.54. The summed E-state index contributed by atoms with van der Waals surface area (Å²) in [4.78, 5) is 3.45. The summed E-state index contributed by atoms with van der Waals surface area (Å²) in [5.41, 5.74) is 1.10. The Morgan fingerprint density at radius 1 is 1.55 bits per heavy atom. The van der Waals surface area contributed by atoms with Crippen LogP contribution in [0.3, 0.4) is 0 Å². The van der Waals surface area contributed by atoms with E-state index in [1.165, 1.54) is 3.57 Å². The van der Waals surface area contributed by atoms with Crippen LogP contribution >= 0.6 is 22.6 Å². The Balaban J connectivity index is 2.98. The third-order valence-electron chi connectivity index (χ3n) is 1.52. The van der Waals surface area contributed by atoms with Gasteiger partial charge in [0, 0.05) is 16.1 Å². The fraction of sp³-hybridized carbons (Fsp3) is 0.222. The SMILES string of the molecule is [C-]#[N+]C(C)c1cccc(I)c1. The lowest BCUT2D eigenvalue weighted by Gasteiger charge is -1.98. The summed E-state index contributed by atoms with van der Waals surface area (Å²) < 4.78 is 1.19. The van der Waals surface area contributed by atoms with Crippen LogP contribution in [0.4, 0.5) is 0 Å². The molecule has 1 nitrogen and oxygen atoms in total. The first-order valence-corrected chi connectivity index (χ1v) is 4.44. The molecule has 0 saturated carbocycles. The molecule has 0 bridgehead atoms. The Morgan fingerprint density at radius 3 is 2.82 bits per heavy atom. The zero-order valence-corrected chi connectivity index (χ0v) is 8.37. The van der Waals surface area contributed by atoms with Crippen LogP contribution in [0.1, 0.15) is 18.5 Å². The van der Waals surface area contributed by atoms with Gasteiger partial charge in [0.05, 0.1) is 0 Å². The molecule has 0 N–H and O–H groups in total. The van der Waals surface area contributed by atoms with Gasteiger partial charge in [-0.1, -0.05) is 12.1 Å². The molecule has 1 aromatic rings. The zero-order valence-electron chi connectivity index (χ0n) is 6.21. The lowest BCUT2D eigenvalue weighted by molar-refractivity contribution is 0.960. The summed E-state index contributed by atoms with van der Waals surface area (Å²) in [5.74, 6) is 0. The van der Waals surface area contributed by atoms with Crippen molar-refractivity contribution in [1.29, 1.82) is 0 Å². The molecule has 0 aliphatic carbocycles. The molecule has 0 aromatic heterocycles. The van der Waals surface area contributed by atoms with Crippen molar-refractivity contribution in [2.75, 3.05) is 0 Å². The maximum absolute atomic E-state index is 6.84. The summed E-state index contributed by atoms with van der Waals surface area (Å²) in [7, 11) is 0. The topological polar surface area (TPSA) is 4.36 Å². The van der Waals surface area contributed by atoms with Crippen molar-refractivity contribution in [1.82, 2.24) is 0 Å². The number of hydrogen-bond donors (Lipinski definition) is 0. The van der Waals surface area contributed by atoms with Crippen molar-refractivity contribution in [2.45, 2.75) is 13.0 Å². The Hall–Kier alpha value is -0.560. The van der Waals surface area contributed by atoms with E-state index >= 15 is 0 Å². The van der Waals surface area contributed by atoms with Crippen LogP contribution < -0.4 is 0 Å². The van der Waals surface area contributed by atoms with Gasteiger partial charge in [0.1, 0.15) is 0 Å². The summed E-state index contributed by atoms with van der Waals surface area (Å²) in [6.07, 6.45) is 0. The fourth-order valence-corrected chi connectivity index (χ4v) is 1.41. The summed E-state index contributed by atoms with van der Waals surface area (Å²) >= 11 is 2.25. The van der Waals surface area contributed by atoms with Gasteiger partial charge in [0.2, 0.25) is 6.04 Å². The van der Waals surface area contributed by atoms with Crippen LogP contribution in [-0.2, 0) is 0 Å². The highest BCUT2D eigenvalue weighted by Crippen LogP contribution is 2.18. The van der Waals surface area contributed by atoms with E-state index in [1.54, 1.807) is 0 Å². The summed E-state index contributed by atoms with van der Waals surface area (Å²) in [5, 5.41) is 0. The molecule has 0 radical (unpaired) electrons. The Morgan fingerprint density at radius 2 is 2.27 bits per heavy atom. The Bertz CT molecular complexity index is 288. The molecule has 0 aliphatic heterocycles. The lowest BCUT2D eigenvalue weighted by Crippen LogP contribution is -1.86. The third kappa shape index (κ3) is 2.19. The minimum Gasteiger partial charge on any atom is -0.309 e. The lowest BCUT2D eigenvalue weighted by atomic mass is 10.1. The molecule has 1 atom stereocenters. The zero-order chi connectivity index (χ0) is 8.27. The maximum atomic E-state index is 6.84. The molecule has 0 aliphatic rings. The second-order valence-corrected chi connectivity index (χ2v) is 3.61. The molecule has 0 spiro atoms. The smallest absolute Gasteiger partial charge is 0.246 e. The highest BCUT2D eigenvalue weighted by atomic mass is 127. The van der Waals surface area contributed by atoms with E-state index in [1.807, 2.05) is 31.2 Å². The number of halogens is 1. The van der Waals surface area contributed by atoms with Gasteiger partial charge in [-0.15, -0.1) is 0 Å². The van der Waals surface area contributed by atoms with Crippen LogP contribution in [0.25, 0.3) is 4.85 Å². The molecule has 56 valence electrons. The molecule has 0 saturated heterocycles. The van der Waals surface area contributed by atoms with Gasteiger partial charge < -0.3 is 4.85 Å². The van der Waals surface area contributed by atoms with Gasteiger partial charge >= 0.3 is 0 Å². The van der Waals surface area contributed by atoms with E-state index in [-0.39, 0.29) is 6.04 Å². The number of benzene rings is 1. The number of nitrogens with zero attached hydrogens (tertiary/aromatic N) is 1. The summed E-state index contributed by atoms with van der Waals surface area (Å²) in [6, 6.07) is 8.04. The van der Waals surface area contributed by atoms with Gasteiger partial charge in [0.25, 0.3) is 0 Å². The van der Waals surface area contributed by atoms with Crippen LogP contribution in [0.2, 0.25) is 0 Å². The van der Waals surface area contributed by atoms with Crippen LogP contribution in [0, 0.1) is 10.1 Å². The first-order chi connectivity index (χ1) is 5.24. The summed E-state index contributed by atoms with van der Waals surface area (Å²) in [6.45, 7) is 8.75. The van der Waals surface area contributed by atoms with Gasteiger partial charge in [-0.2, -0.15) is 0 Å². The Kier molecular flexibility index (Phi) is 2.89.